The lowest BCUT2D eigenvalue weighted by atomic mass is 10.2. The van der Waals surface area contributed by atoms with Crippen LogP contribution in [0.3, 0.4) is 0 Å². The number of carbonyl (C=O) groups excluding carboxylic acids is 2. The van der Waals surface area contributed by atoms with Crippen LogP contribution in [0.25, 0.3) is 10.9 Å². The number of hydrogen-bond donors (Lipinski definition) is 1. The number of amides is 2. The average Bonchev–Trinajstić information content (AvgIpc) is 3.18. The standard InChI is InChI=1S/C21H21N5O3/c27-19(11-13-26-21(29)17-4-1-2-5-18(17)23-24-26)22-14-15-7-9-16(10-8-15)25-12-3-6-20(25)28/h1-2,4-5,7-10H,3,6,11-14H2,(H,22,27). The third kappa shape index (κ3) is 4.16. The molecule has 0 radical (unpaired) electrons. The Morgan fingerprint density at radius 3 is 2.62 bits per heavy atom. The Kier molecular flexibility index (Phi) is 5.33. The van der Waals surface area contributed by atoms with E-state index in [0.29, 0.717) is 23.9 Å². The molecule has 1 saturated heterocycles. The highest BCUT2D eigenvalue weighted by atomic mass is 16.2. The summed E-state index contributed by atoms with van der Waals surface area (Å²) in [5.41, 5.74) is 2.11. The van der Waals surface area contributed by atoms with Crippen LogP contribution < -0.4 is 15.8 Å². The highest BCUT2D eigenvalue weighted by Crippen LogP contribution is 2.21. The Hall–Kier alpha value is -3.55. The molecule has 1 fully saturated rings. The molecule has 29 heavy (non-hydrogen) atoms. The minimum absolute atomic E-state index is 0.132. The number of aromatic nitrogens is 3. The molecular formula is C21H21N5O3. The van der Waals surface area contributed by atoms with Gasteiger partial charge in [0, 0.05) is 31.6 Å². The summed E-state index contributed by atoms with van der Waals surface area (Å²) in [4.78, 5) is 38.1. The number of anilines is 1. The van der Waals surface area contributed by atoms with Crippen molar-refractivity contribution in [3.63, 3.8) is 0 Å². The zero-order valence-corrected chi connectivity index (χ0v) is 15.9. The van der Waals surface area contributed by atoms with Crippen LogP contribution >= 0.6 is 0 Å². The third-order valence-corrected chi connectivity index (χ3v) is 4.99. The molecule has 1 N–H and O–H groups in total. The number of rotatable bonds is 6. The van der Waals surface area contributed by atoms with E-state index in [1.54, 1.807) is 29.2 Å². The maximum absolute atomic E-state index is 12.4. The van der Waals surface area contributed by atoms with Gasteiger partial charge in [0.15, 0.2) is 0 Å². The first-order valence-electron chi connectivity index (χ1n) is 9.60. The molecule has 1 aromatic heterocycles. The minimum atomic E-state index is -0.254. The highest BCUT2D eigenvalue weighted by molar-refractivity contribution is 5.95. The zero-order chi connectivity index (χ0) is 20.2. The second-order valence-corrected chi connectivity index (χ2v) is 6.98. The van der Waals surface area contributed by atoms with Crippen LogP contribution in [0.5, 0.6) is 0 Å². The lowest BCUT2D eigenvalue weighted by Gasteiger charge is -2.16. The highest BCUT2D eigenvalue weighted by Gasteiger charge is 2.21. The van der Waals surface area contributed by atoms with E-state index < -0.39 is 0 Å². The predicted molar refractivity (Wildman–Crippen MR) is 108 cm³/mol. The molecule has 2 amide bonds. The van der Waals surface area contributed by atoms with E-state index in [2.05, 4.69) is 15.6 Å². The van der Waals surface area contributed by atoms with Gasteiger partial charge in [0.2, 0.25) is 11.8 Å². The summed E-state index contributed by atoms with van der Waals surface area (Å²) in [5.74, 6) is -0.0243. The Bertz CT molecular complexity index is 1110. The average molecular weight is 391 g/mol. The van der Waals surface area contributed by atoms with Gasteiger partial charge in [-0.3, -0.25) is 14.4 Å². The first-order valence-corrected chi connectivity index (χ1v) is 9.60. The van der Waals surface area contributed by atoms with E-state index in [4.69, 9.17) is 0 Å². The van der Waals surface area contributed by atoms with Crippen molar-refractivity contribution in [1.82, 2.24) is 20.3 Å². The van der Waals surface area contributed by atoms with Crippen molar-refractivity contribution in [1.29, 1.82) is 0 Å². The largest absolute Gasteiger partial charge is 0.352 e. The topological polar surface area (TPSA) is 97.2 Å². The number of benzene rings is 2. The Morgan fingerprint density at radius 1 is 1.07 bits per heavy atom. The summed E-state index contributed by atoms with van der Waals surface area (Å²) in [6, 6.07) is 14.6. The lowest BCUT2D eigenvalue weighted by Crippen LogP contribution is -2.29. The van der Waals surface area contributed by atoms with Gasteiger partial charge in [-0.15, -0.1) is 5.10 Å². The van der Waals surface area contributed by atoms with Crippen LogP contribution in [0.4, 0.5) is 5.69 Å². The third-order valence-electron chi connectivity index (χ3n) is 4.99. The molecule has 8 heteroatoms. The molecule has 0 saturated carbocycles. The Labute approximate surface area is 167 Å². The van der Waals surface area contributed by atoms with Gasteiger partial charge < -0.3 is 10.2 Å². The van der Waals surface area contributed by atoms with Crippen LogP contribution in [0.1, 0.15) is 24.8 Å². The zero-order valence-electron chi connectivity index (χ0n) is 15.9. The molecule has 0 aliphatic carbocycles. The van der Waals surface area contributed by atoms with Crippen LogP contribution in [0.2, 0.25) is 0 Å². The van der Waals surface area contributed by atoms with E-state index in [0.717, 1.165) is 24.2 Å². The van der Waals surface area contributed by atoms with Crippen LogP contribution in [0, 0.1) is 0 Å². The molecule has 2 heterocycles. The molecule has 0 bridgehead atoms. The van der Waals surface area contributed by atoms with E-state index in [9.17, 15) is 14.4 Å². The molecule has 8 nitrogen and oxygen atoms in total. The van der Waals surface area contributed by atoms with Crippen molar-refractivity contribution in [2.24, 2.45) is 0 Å². The number of fused-ring (bicyclic) bond motifs is 1. The molecule has 1 aliphatic heterocycles. The van der Waals surface area contributed by atoms with Crippen molar-refractivity contribution < 1.29 is 9.59 Å². The van der Waals surface area contributed by atoms with Crippen molar-refractivity contribution >= 4 is 28.4 Å². The Morgan fingerprint density at radius 2 is 1.86 bits per heavy atom. The second-order valence-electron chi connectivity index (χ2n) is 6.98. The number of nitrogens with zero attached hydrogens (tertiary/aromatic N) is 4. The molecule has 0 atom stereocenters. The van der Waals surface area contributed by atoms with E-state index in [-0.39, 0.29) is 30.3 Å². The van der Waals surface area contributed by atoms with Crippen molar-refractivity contribution in [2.75, 3.05) is 11.4 Å². The summed E-state index contributed by atoms with van der Waals surface area (Å²) in [7, 11) is 0. The van der Waals surface area contributed by atoms with Crippen LogP contribution in [-0.2, 0) is 22.7 Å². The van der Waals surface area contributed by atoms with Crippen LogP contribution in [0.15, 0.2) is 53.3 Å². The number of carbonyl (C=O) groups is 2. The second kappa shape index (κ2) is 8.22. The first-order chi connectivity index (χ1) is 14.1. The van der Waals surface area contributed by atoms with Crippen molar-refractivity contribution in [2.45, 2.75) is 32.4 Å². The van der Waals surface area contributed by atoms with Gasteiger partial charge in [-0.05, 0) is 36.2 Å². The number of aryl methyl sites for hydroxylation is 1. The van der Waals surface area contributed by atoms with Gasteiger partial charge in [-0.1, -0.05) is 29.5 Å². The first kappa shape index (κ1) is 18.8. The quantitative estimate of drug-likeness (QED) is 0.689. The molecule has 148 valence electrons. The fraction of sp³-hybridized carbons (Fsp3) is 0.286. The minimum Gasteiger partial charge on any atom is -0.352 e. The molecule has 2 aromatic carbocycles. The van der Waals surface area contributed by atoms with E-state index >= 15 is 0 Å². The van der Waals surface area contributed by atoms with Crippen LogP contribution in [-0.4, -0.2) is 33.4 Å². The van der Waals surface area contributed by atoms with E-state index in [1.165, 1.54) is 4.68 Å². The normalized spacial score (nSPS) is 13.8. The molecule has 4 rings (SSSR count). The maximum Gasteiger partial charge on any atom is 0.277 e. The van der Waals surface area contributed by atoms with E-state index in [1.807, 2.05) is 24.3 Å². The molecule has 3 aromatic rings. The summed E-state index contributed by atoms with van der Waals surface area (Å²) in [5, 5.41) is 11.2. The molecule has 0 unspecified atom stereocenters. The van der Waals surface area contributed by atoms with Crippen molar-refractivity contribution in [3.8, 4) is 0 Å². The lowest BCUT2D eigenvalue weighted by molar-refractivity contribution is -0.121. The summed E-state index contributed by atoms with van der Waals surface area (Å²) >= 11 is 0. The fourth-order valence-electron chi connectivity index (χ4n) is 3.38. The van der Waals surface area contributed by atoms with Gasteiger partial charge >= 0.3 is 0 Å². The van der Waals surface area contributed by atoms with Gasteiger partial charge in [0.1, 0.15) is 5.52 Å². The maximum atomic E-state index is 12.4. The smallest absolute Gasteiger partial charge is 0.277 e. The number of hydrogen-bond acceptors (Lipinski definition) is 5. The molecule has 0 spiro atoms. The summed E-state index contributed by atoms with van der Waals surface area (Å²) < 4.78 is 1.21. The van der Waals surface area contributed by atoms with Gasteiger partial charge in [-0.2, -0.15) is 0 Å². The van der Waals surface area contributed by atoms with Gasteiger partial charge in [0.05, 0.1) is 11.9 Å². The van der Waals surface area contributed by atoms with Gasteiger partial charge in [-0.25, -0.2) is 4.68 Å². The SMILES string of the molecule is O=C(CCn1nnc2ccccc2c1=O)NCc1ccc(N2CCCC2=O)cc1. The van der Waals surface area contributed by atoms with Crippen molar-refractivity contribution in [3.05, 3.63) is 64.4 Å². The monoisotopic (exact) mass is 391 g/mol. The number of nitrogens with one attached hydrogen (secondary N) is 1. The van der Waals surface area contributed by atoms with Gasteiger partial charge in [0.25, 0.3) is 5.56 Å². The predicted octanol–water partition coefficient (Wildman–Crippen LogP) is 1.62. The summed E-state index contributed by atoms with van der Waals surface area (Å²) in [6.45, 7) is 1.30. The Balaban J connectivity index is 1.31. The fourth-order valence-corrected chi connectivity index (χ4v) is 3.38. The molecule has 1 aliphatic rings. The molecular weight excluding hydrogens is 370 g/mol. The summed E-state index contributed by atoms with van der Waals surface area (Å²) in [6.07, 6.45) is 1.62.